The molecule has 1 N–H and O–H groups in total. The van der Waals surface area contributed by atoms with E-state index in [9.17, 15) is 0 Å². The van der Waals surface area contributed by atoms with Crippen LogP contribution in [0, 0.1) is 0 Å². The summed E-state index contributed by atoms with van der Waals surface area (Å²) in [6, 6.07) is 4.37. The van der Waals surface area contributed by atoms with Crippen LogP contribution in [0.5, 0.6) is 17.2 Å². The largest absolute Gasteiger partial charge is 0.493 e. The fourth-order valence-electron chi connectivity index (χ4n) is 1.76. The molecule has 0 bridgehead atoms. The van der Waals surface area contributed by atoms with Gasteiger partial charge >= 0.3 is 0 Å². The molecule has 100 valence electrons. The highest BCUT2D eigenvalue weighted by atomic mass is 16.7. The van der Waals surface area contributed by atoms with E-state index >= 15 is 0 Å². The zero-order valence-electron chi connectivity index (χ0n) is 11.3. The van der Waals surface area contributed by atoms with Gasteiger partial charge in [0.15, 0.2) is 11.5 Å². The van der Waals surface area contributed by atoms with Gasteiger partial charge in [0, 0.05) is 24.2 Å². The summed E-state index contributed by atoms with van der Waals surface area (Å²) in [7, 11) is 0. The molecule has 0 amide bonds. The van der Waals surface area contributed by atoms with E-state index in [0.717, 1.165) is 35.8 Å². The van der Waals surface area contributed by atoms with Gasteiger partial charge in [-0.2, -0.15) is 0 Å². The van der Waals surface area contributed by atoms with E-state index in [4.69, 9.17) is 14.2 Å². The van der Waals surface area contributed by atoms with Crippen LogP contribution in [-0.4, -0.2) is 19.4 Å². The molecule has 0 radical (unpaired) electrons. The van der Waals surface area contributed by atoms with Crippen molar-refractivity contribution in [2.75, 3.05) is 13.4 Å². The number of ether oxygens (including phenoxy) is 3. The SMILES string of the molecule is CCCOc1cc2c(cc1CNC(C)C)OCO2. The highest BCUT2D eigenvalue weighted by Gasteiger charge is 2.18. The summed E-state index contributed by atoms with van der Waals surface area (Å²) in [6.45, 7) is 8.13. The first-order valence-electron chi connectivity index (χ1n) is 6.49. The van der Waals surface area contributed by atoms with Crippen LogP contribution in [0.4, 0.5) is 0 Å². The fraction of sp³-hybridized carbons (Fsp3) is 0.571. The summed E-state index contributed by atoms with van der Waals surface area (Å²) in [6.07, 6.45) is 0.992. The Kier molecular flexibility index (Phi) is 4.31. The van der Waals surface area contributed by atoms with Gasteiger partial charge < -0.3 is 19.5 Å². The first-order valence-corrected chi connectivity index (χ1v) is 6.49. The third-order valence-electron chi connectivity index (χ3n) is 2.72. The zero-order valence-corrected chi connectivity index (χ0v) is 11.3. The van der Waals surface area contributed by atoms with Crippen molar-refractivity contribution in [1.82, 2.24) is 5.32 Å². The van der Waals surface area contributed by atoms with Crippen molar-refractivity contribution in [3.05, 3.63) is 17.7 Å². The van der Waals surface area contributed by atoms with Gasteiger partial charge in [0.05, 0.1) is 6.61 Å². The van der Waals surface area contributed by atoms with Crippen LogP contribution in [0.25, 0.3) is 0 Å². The summed E-state index contributed by atoms with van der Waals surface area (Å²) in [4.78, 5) is 0. The Hall–Kier alpha value is -1.42. The molecule has 0 saturated carbocycles. The Balaban J connectivity index is 2.17. The lowest BCUT2D eigenvalue weighted by molar-refractivity contribution is 0.173. The predicted octanol–water partition coefficient (Wildman–Crippen LogP) is 2.70. The number of nitrogens with one attached hydrogen (secondary N) is 1. The van der Waals surface area contributed by atoms with Crippen LogP contribution in [0.15, 0.2) is 12.1 Å². The molecule has 1 aromatic carbocycles. The Labute approximate surface area is 108 Å². The molecule has 0 atom stereocenters. The average Bonchev–Trinajstić information content (AvgIpc) is 2.79. The normalized spacial score (nSPS) is 13.1. The van der Waals surface area contributed by atoms with Crippen molar-refractivity contribution in [2.24, 2.45) is 0 Å². The van der Waals surface area contributed by atoms with E-state index < -0.39 is 0 Å². The summed E-state index contributed by atoms with van der Waals surface area (Å²) in [5.74, 6) is 2.46. The lowest BCUT2D eigenvalue weighted by Crippen LogP contribution is -2.22. The number of rotatable bonds is 6. The van der Waals surface area contributed by atoms with Gasteiger partial charge in [-0.3, -0.25) is 0 Å². The monoisotopic (exact) mass is 251 g/mol. The van der Waals surface area contributed by atoms with Gasteiger partial charge in [-0.05, 0) is 12.5 Å². The molecule has 0 spiro atoms. The van der Waals surface area contributed by atoms with Crippen LogP contribution < -0.4 is 19.5 Å². The average molecular weight is 251 g/mol. The second kappa shape index (κ2) is 5.96. The molecule has 4 nitrogen and oxygen atoms in total. The summed E-state index contributed by atoms with van der Waals surface area (Å²) < 4.78 is 16.5. The third-order valence-corrected chi connectivity index (χ3v) is 2.72. The number of fused-ring (bicyclic) bond motifs is 1. The van der Waals surface area contributed by atoms with Crippen molar-refractivity contribution >= 4 is 0 Å². The van der Waals surface area contributed by atoms with Crippen molar-refractivity contribution < 1.29 is 14.2 Å². The molecule has 1 heterocycles. The molecular weight excluding hydrogens is 230 g/mol. The summed E-state index contributed by atoms with van der Waals surface area (Å²) in [5.41, 5.74) is 1.11. The highest BCUT2D eigenvalue weighted by Crippen LogP contribution is 2.38. The van der Waals surface area contributed by atoms with Crippen molar-refractivity contribution in [3.63, 3.8) is 0 Å². The zero-order chi connectivity index (χ0) is 13.0. The standard InChI is InChI=1S/C14H21NO3/c1-4-5-16-12-7-14-13(17-9-18-14)6-11(12)8-15-10(2)3/h6-7,10,15H,4-5,8-9H2,1-3H3. The molecule has 18 heavy (non-hydrogen) atoms. The van der Waals surface area contributed by atoms with E-state index in [0.29, 0.717) is 19.4 Å². The van der Waals surface area contributed by atoms with Gasteiger partial charge in [0.1, 0.15) is 5.75 Å². The minimum absolute atomic E-state index is 0.295. The maximum absolute atomic E-state index is 5.77. The molecule has 2 rings (SSSR count). The quantitative estimate of drug-likeness (QED) is 0.844. The highest BCUT2D eigenvalue weighted by molar-refractivity contribution is 5.51. The van der Waals surface area contributed by atoms with E-state index in [1.807, 2.05) is 12.1 Å². The molecule has 1 aromatic rings. The molecule has 4 heteroatoms. The lowest BCUT2D eigenvalue weighted by Gasteiger charge is -2.14. The van der Waals surface area contributed by atoms with Crippen LogP contribution in [0.1, 0.15) is 32.8 Å². The van der Waals surface area contributed by atoms with Gasteiger partial charge in [-0.15, -0.1) is 0 Å². The Morgan fingerprint density at radius 3 is 2.67 bits per heavy atom. The molecule has 0 aromatic heterocycles. The number of hydrogen-bond acceptors (Lipinski definition) is 4. The van der Waals surface area contributed by atoms with Gasteiger partial charge in [-0.25, -0.2) is 0 Å². The van der Waals surface area contributed by atoms with Crippen LogP contribution in [0.3, 0.4) is 0 Å². The smallest absolute Gasteiger partial charge is 0.231 e. The topological polar surface area (TPSA) is 39.7 Å². The predicted molar refractivity (Wildman–Crippen MR) is 70.3 cm³/mol. The first kappa shape index (κ1) is 13.0. The first-order chi connectivity index (χ1) is 8.70. The van der Waals surface area contributed by atoms with E-state index in [2.05, 4.69) is 26.1 Å². The van der Waals surface area contributed by atoms with E-state index in [1.54, 1.807) is 0 Å². The minimum Gasteiger partial charge on any atom is -0.493 e. The Morgan fingerprint density at radius 1 is 1.28 bits per heavy atom. The second-order valence-corrected chi connectivity index (χ2v) is 4.70. The number of hydrogen-bond donors (Lipinski definition) is 1. The van der Waals surface area contributed by atoms with Crippen LogP contribution >= 0.6 is 0 Å². The molecule has 0 saturated heterocycles. The molecule has 1 aliphatic heterocycles. The van der Waals surface area contributed by atoms with Gasteiger partial charge in [0.2, 0.25) is 6.79 Å². The Bertz CT molecular complexity index is 404. The van der Waals surface area contributed by atoms with Crippen LogP contribution in [-0.2, 0) is 6.54 Å². The molecule has 1 aliphatic rings. The van der Waals surface area contributed by atoms with Gasteiger partial charge in [0.25, 0.3) is 0 Å². The van der Waals surface area contributed by atoms with Crippen molar-refractivity contribution in [1.29, 1.82) is 0 Å². The fourth-order valence-corrected chi connectivity index (χ4v) is 1.76. The Morgan fingerprint density at radius 2 is 2.00 bits per heavy atom. The third kappa shape index (κ3) is 3.07. The number of benzene rings is 1. The second-order valence-electron chi connectivity index (χ2n) is 4.70. The van der Waals surface area contributed by atoms with Crippen molar-refractivity contribution in [2.45, 2.75) is 39.8 Å². The molecule has 0 fully saturated rings. The molecule has 0 aliphatic carbocycles. The van der Waals surface area contributed by atoms with Gasteiger partial charge in [-0.1, -0.05) is 20.8 Å². The maximum atomic E-state index is 5.77. The molecule has 0 unspecified atom stereocenters. The lowest BCUT2D eigenvalue weighted by atomic mass is 10.1. The maximum Gasteiger partial charge on any atom is 0.231 e. The molecular formula is C14H21NO3. The summed E-state index contributed by atoms with van der Waals surface area (Å²) in [5, 5.41) is 3.39. The van der Waals surface area contributed by atoms with Crippen molar-refractivity contribution in [3.8, 4) is 17.2 Å². The van der Waals surface area contributed by atoms with E-state index in [-0.39, 0.29) is 0 Å². The van der Waals surface area contributed by atoms with Crippen LogP contribution in [0.2, 0.25) is 0 Å². The summed E-state index contributed by atoms with van der Waals surface area (Å²) >= 11 is 0. The minimum atomic E-state index is 0.295. The van der Waals surface area contributed by atoms with E-state index in [1.165, 1.54) is 0 Å².